The summed E-state index contributed by atoms with van der Waals surface area (Å²) in [7, 11) is 1.43. The van der Waals surface area contributed by atoms with E-state index in [2.05, 4.69) is 0 Å². The van der Waals surface area contributed by atoms with Gasteiger partial charge in [0.05, 0.1) is 18.7 Å². The normalized spacial score (nSPS) is 11.4. The third-order valence-electron chi connectivity index (χ3n) is 5.56. The van der Waals surface area contributed by atoms with Crippen LogP contribution in [-0.4, -0.2) is 48.4 Å². The number of carbonyl (C=O) groups excluding carboxylic acids is 2. The van der Waals surface area contributed by atoms with Crippen molar-refractivity contribution in [1.82, 2.24) is 9.80 Å². The number of rotatable bonds is 10. The standard InChI is InChI=1S/C26H26F4N2O3S/c1-18-10-13-36-23(18)16-32(15-19-6-8-22(27)9-7-19)24(33)17-31(11-12-35-2)25(34)20-4-3-5-21(14-20)26(28,29)30/h3-10,13-14H,11-12,15-17H2,1-2H3. The van der Waals surface area contributed by atoms with Crippen molar-refractivity contribution in [2.24, 2.45) is 0 Å². The molecular formula is C26H26F4N2O3S. The number of halogens is 4. The minimum absolute atomic E-state index is 0.0136. The highest BCUT2D eigenvalue weighted by Crippen LogP contribution is 2.30. The number of carbonyl (C=O) groups is 2. The van der Waals surface area contributed by atoms with Crippen molar-refractivity contribution in [2.75, 3.05) is 26.8 Å². The molecule has 0 bridgehead atoms. The van der Waals surface area contributed by atoms with Crippen LogP contribution in [0.5, 0.6) is 0 Å². The smallest absolute Gasteiger partial charge is 0.383 e. The lowest BCUT2D eigenvalue weighted by atomic mass is 10.1. The van der Waals surface area contributed by atoms with Crippen molar-refractivity contribution < 1.29 is 31.9 Å². The molecule has 0 N–H and O–H groups in total. The van der Waals surface area contributed by atoms with E-state index in [1.165, 1.54) is 41.5 Å². The van der Waals surface area contributed by atoms with Gasteiger partial charge in [-0.05, 0) is 59.8 Å². The van der Waals surface area contributed by atoms with Crippen molar-refractivity contribution in [3.8, 4) is 0 Å². The third kappa shape index (κ3) is 7.38. The summed E-state index contributed by atoms with van der Waals surface area (Å²) in [6.45, 7) is 2.13. The molecule has 36 heavy (non-hydrogen) atoms. The van der Waals surface area contributed by atoms with Gasteiger partial charge in [-0.2, -0.15) is 13.2 Å². The summed E-state index contributed by atoms with van der Waals surface area (Å²) in [5.74, 6) is -1.51. The lowest BCUT2D eigenvalue weighted by Gasteiger charge is -2.28. The van der Waals surface area contributed by atoms with Crippen LogP contribution in [0.4, 0.5) is 17.6 Å². The zero-order valence-electron chi connectivity index (χ0n) is 19.8. The Balaban J connectivity index is 1.85. The average Bonchev–Trinajstić information content (AvgIpc) is 3.25. The summed E-state index contributed by atoms with van der Waals surface area (Å²) in [6, 6.07) is 11.8. The van der Waals surface area contributed by atoms with Crippen LogP contribution in [0.25, 0.3) is 0 Å². The maximum Gasteiger partial charge on any atom is 0.416 e. The summed E-state index contributed by atoms with van der Waals surface area (Å²) in [6.07, 6.45) is -4.60. The maximum atomic E-state index is 13.4. The topological polar surface area (TPSA) is 49.9 Å². The summed E-state index contributed by atoms with van der Waals surface area (Å²) in [5.41, 5.74) is 0.588. The second-order valence-corrected chi connectivity index (χ2v) is 9.20. The van der Waals surface area contributed by atoms with E-state index >= 15 is 0 Å². The molecule has 0 fully saturated rings. The SMILES string of the molecule is COCCN(CC(=O)N(Cc1ccc(F)cc1)Cc1sccc1C)C(=O)c1cccc(C(F)(F)F)c1. The van der Waals surface area contributed by atoms with Crippen LogP contribution < -0.4 is 0 Å². The number of nitrogens with zero attached hydrogens (tertiary/aromatic N) is 2. The van der Waals surface area contributed by atoms with Gasteiger partial charge < -0.3 is 14.5 Å². The van der Waals surface area contributed by atoms with Crippen LogP contribution in [-0.2, 0) is 28.8 Å². The van der Waals surface area contributed by atoms with Gasteiger partial charge >= 0.3 is 6.18 Å². The minimum Gasteiger partial charge on any atom is -0.383 e. The summed E-state index contributed by atoms with van der Waals surface area (Å²) in [5, 5.41) is 1.91. The first-order chi connectivity index (χ1) is 17.1. The van der Waals surface area contributed by atoms with Gasteiger partial charge in [-0.3, -0.25) is 9.59 Å². The average molecular weight is 523 g/mol. The molecule has 0 unspecified atom stereocenters. The van der Waals surface area contributed by atoms with Gasteiger partial charge in [-0.25, -0.2) is 4.39 Å². The number of thiophene rings is 1. The van der Waals surface area contributed by atoms with E-state index in [1.54, 1.807) is 17.0 Å². The van der Waals surface area contributed by atoms with Gasteiger partial charge in [0.1, 0.15) is 12.4 Å². The molecule has 0 aliphatic rings. The van der Waals surface area contributed by atoms with E-state index in [9.17, 15) is 27.2 Å². The van der Waals surface area contributed by atoms with Gasteiger partial charge in [-0.15, -0.1) is 11.3 Å². The van der Waals surface area contributed by atoms with Crippen LogP contribution in [0.1, 0.15) is 31.9 Å². The fraction of sp³-hybridized carbons (Fsp3) is 0.308. The Kier molecular flexibility index (Phi) is 9.22. The van der Waals surface area contributed by atoms with Crippen molar-refractivity contribution in [2.45, 2.75) is 26.2 Å². The molecule has 0 saturated heterocycles. The van der Waals surface area contributed by atoms with E-state index in [1.807, 2.05) is 18.4 Å². The van der Waals surface area contributed by atoms with Crippen LogP contribution >= 0.6 is 11.3 Å². The molecule has 0 aliphatic carbocycles. The zero-order chi connectivity index (χ0) is 26.3. The van der Waals surface area contributed by atoms with Crippen LogP contribution in [0.2, 0.25) is 0 Å². The molecule has 2 aromatic carbocycles. The van der Waals surface area contributed by atoms with Crippen LogP contribution in [0.3, 0.4) is 0 Å². The molecule has 3 aromatic rings. The Bertz CT molecular complexity index is 1180. The van der Waals surface area contributed by atoms with Crippen molar-refractivity contribution in [1.29, 1.82) is 0 Å². The van der Waals surface area contributed by atoms with Crippen LogP contribution in [0.15, 0.2) is 60.0 Å². The maximum absolute atomic E-state index is 13.4. The number of hydrogen-bond donors (Lipinski definition) is 0. The molecule has 2 amide bonds. The van der Waals surface area contributed by atoms with Crippen LogP contribution in [0, 0.1) is 12.7 Å². The second kappa shape index (κ2) is 12.1. The Morgan fingerprint density at radius 3 is 2.33 bits per heavy atom. The number of benzene rings is 2. The van der Waals surface area contributed by atoms with E-state index in [0.29, 0.717) is 5.56 Å². The molecule has 0 saturated carbocycles. The van der Waals surface area contributed by atoms with Gasteiger partial charge in [0.15, 0.2) is 0 Å². The molecule has 10 heteroatoms. The van der Waals surface area contributed by atoms with Gasteiger partial charge in [0.25, 0.3) is 5.91 Å². The molecule has 192 valence electrons. The van der Waals surface area contributed by atoms with E-state index in [-0.39, 0.29) is 38.3 Å². The molecular weight excluding hydrogens is 496 g/mol. The molecule has 5 nitrogen and oxygen atoms in total. The molecule has 3 rings (SSSR count). The highest BCUT2D eigenvalue weighted by atomic mass is 32.1. The number of methoxy groups -OCH3 is 1. The molecule has 1 aromatic heterocycles. The predicted octanol–water partition coefficient (Wildman–Crippen LogP) is 5.53. The largest absolute Gasteiger partial charge is 0.416 e. The zero-order valence-corrected chi connectivity index (χ0v) is 20.7. The first-order valence-corrected chi connectivity index (χ1v) is 12.0. The van der Waals surface area contributed by atoms with E-state index < -0.39 is 29.4 Å². The Labute approximate surface area is 210 Å². The first-order valence-electron chi connectivity index (χ1n) is 11.1. The number of hydrogen-bond acceptors (Lipinski definition) is 4. The fourth-order valence-corrected chi connectivity index (χ4v) is 4.43. The Morgan fingerprint density at radius 1 is 1.00 bits per heavy atom. The lowest BCUT2D eigenvalue weighted by Crippen LogP contribution is -2.43. The summed E-state index contributed by atoms with van der Waals surface area (Å²) in [4.78, 5) is 30.3. The molecule has 0 radical (unpaired) electrons. The number of ether oxygens (including phenoxy) is 1. The molecule has 1 heterocycles. The minimum atomic E-state index is -4.60. The van der Waals surface area contributed by atoms with E-state index in [4.69, 9.17) is 4.74 Å². The number of alkyl halides is 3. The molecule has 0 spiro atoms. The van der Waals surface area contributed by atoms with Crippen molar-refractivity contribution in [3.63, 3.8) is 0 Å². The molecule has 0 aliphatic heterocycles. The monoisotopic (exact) mass is 522 g/mol. The lowest BCUT2D eigenvalue weighted by molar-refractivity contribution is -0.137. The van der Waals surface area contributed by atoms with Gasteiger partial charge in [-0.1, -0.05) is 18.2 Å². The highest BCUT2D eigenvalue weighted by Gasteiger charge is 2.32. The number of aryl methyl sites for hydroxylation is 1. The summed E-state index contributed by atoms with van der Waals surface area (Å²) < 4.78 is 57.9. The Morgan fingerprint density at radius 2 is 1.72 bits per heavy atom. The van der Waals surface area contributed by atoms with Gasteiger partial charge in [0, 0.05) is 30.6 Å². The summed E-state index contributed by atoms with van der Waals surface area (Å²) >= 11 is 1.49. The highest BCUT2D eigenvalue weighted by molar-refractivity contribution is 7.10. The number of amides is 2. The quantitative estimate of drug-likeness (QED) is 0.329. The molecule has 0 atom stereocenters. The van der Waals surface area contributed by atoms with Gasteiger partial charge in [0.2, 0.25) is 5.91 Å². The fourth-order valence-electron chi connectivity index (χ4n) is 3.51. The predicted molar refractivity (Wildman–Crippen MR) is 129 cm³/mol. The van der Waals surface area contributed by atoms with Crippen molar-refractivity contribution >= 4 is 23.2 Å². The third-order valence-corrected chi connectivity index (χ3v) is 6.57. The van der Waals surface area contributed by atoms with E-state index in [0.717, 1.165) is 28.6 Å². The Hall–Kier alpha value is -3.24. The van der Waals surface area contributed by atoms with Crippen molar-refractivity contribution in [3.05, 3.63) is 92.9 Å². The first kappa shape index (κ1) is 27.3. The second-order valence-electron chi connectivity index (χ2n) is 8.20.